The summed E-state index contributed by atoms with van der Waals surface area (Å²) in [6, 6.07) is 0. The van der Waals surface area contributed by atoms with Crippen LogP contribution in [0.1, 0.15) is 73.1 Å². The molecule has 0 aliphatic rings. The first-order valence-electron chi connectivity index (χ1n) is 7.05. The molecule has 0 fully saturated rings. The van der Waals surface area contributed by atoms with Crippen molar-refractivity contribution in [1.29, 1.82) is 0 Å². The molecule has 0 amide bonds. The summed E-state index contributed by atoms with van der Waals surface area (Å²) in [5, 5.41) is 16.1. The molecule has 0 saturated carbocycles. The molecule has 0 rings (SSSR count). The van der Waals surface area contributed by atoms with E-state index in [4.69, 9.17) is 13.5 Å². The van der Waals surface area contributed by atoms with Gasteiger partial charge >= 0.3 is 23.7 Å². The van der Waals surface area contributed by atoms with Crippen molar-refractivity contribution in [2.75, 3.05) is 6.61 Å². The van der Waals surface area contributed by atoms with Crippen LogP contribution in [-0.2, 0) is 23.7 Å². The molecule has 118 valence electrons. The Labute approximate surface area is 133 Å². The third-order valence-corrected chi connectivity index (χ3v) is 1.22. The van der Waals surface area contributed by atoms with E-state index in [9.17, 15) is 0 Å². The summed E-state index contributed by atoms with van der Waals surface area (Å²) in [5.74, 6) is 0. The average molecular weight is 312 g/mol. The normalized spacial score (nSPS) is 7.58. The molecule has 0 aliphatic carbocycles. The number of unbranched alkanes of at least 4 members (excludes halogenated alkanes) is 3. The van der Waals surface area contributed by atoms with E-state index in [0.29, 0.717) is 6.61 Å². The zero-order chi connectivity index (χ0) is 16.5. The molecule has 19 heavy (non-hydrogen) atoms. The molecule has 0 spiro atoms. The number of hydrogen-bond acceptors (Lipinski definition) is 3. The van der Waals surface area contributed by atoms with Gasteiger partial charge in [0.1, 0.15) is 0 Å². The van der Waals surface area contributed by atoms with Gasteiger partial charge in [0.15, 0.2) is 0 Å². The fraction of sp³-hybridized carbons (Fsp3) is 0.867. The summed E-state index contributed by atoms with van der Waals surface area (Å²) in [7, 11) is 0. The fourth-order valence-electron chi connectivity index (χ4n) is 0.158. The molecule has 0 saturated heterocycles. The van der Waals surface area contributed by atoms with E-state index >= 15 is 0 Å². The summed E-state index contributed by atoms with van der Waals surface area (Å²) < 4.78 is 8.25. The standard InChI is InChI=1S/C4H10O.2C4H9.C3H8O.O.Ti/c1-2-3-4-5;2*1-3-4-2;1-3(2)4;;/h5H,2-4H2,1H3;2*1,3-4H2,2H3;3-4H,1-2H3;;/q;2*-1;;;+2. The van der Waals surface area contributed by atoms with Crippen molar-refractivity contribution in [3.8, 4) is 0 Å². The van der Waals surface area contributed by atoms with Gasteiger partial charge in [-0.2, -0.15) is 12.8 Å². The molecule has 2 N–H and O–H groups in total. The van der Waals surface area contributed by atoms with Crippen LogP contribution in [0.4, 0.5) is 0 Å². The minimum absolute atomic E-state index is 0.167. The van der Waals surface area contributed by atoms with Crippen molar-refractivity contribution in [3.05, 3.63) is 13.8 Å². The Balaban J connectivity index is -0.0000000441. The first-order valence-corrected chi connectivity index (χ1v) is 7.69. The Kier molecular flexibility index (Phi) is 85.9. The quantitative estimate of drug-likeness (QED) is 0.601. The summed E-state index contributed by atoms with van der Waals surface area (Å²) in [6.45, 7) is 17.3. The van der Waals surface area contributed by atoms with E-state index in [2.05, 4.69) is 34.6 Å². The first-order chi connectivity index (χ1) is 8.97. The molecule has 0 unspecified atom stereocenters. The molecule has 0 aliphatic heterocycles. The van der Waals surface area contributed by atoms with Gasteiger partial charge in [0, 0.05) is 12.7 Å². The SMILES string of the molecule is CC(C)O.CCCCO.[CH2-]CCC.[CH2-]CCC.[O]=[Ti+2]. The van der Waals surface area contributed by atoms with Crippen LogP contribution in [0.2, 0.25) is 0 Å². The number of aliphatic hydroxyl groups is 2. The Hall–Kier alpha value is 0.434. The van der Waals surface area contributed by atoms with E-state index in [0.717, 1.165) is 46.1 Å². The number of aliphatic hydroxyl groups excluding tert-OH is 2. The Morgan fingerprint density at radius 1 is 0.947 bits per heavy atom. The van der Waals surface area contributed by atoms with Crippen LogP contribution in [0.5, 0.6) is 0 Å². The summed E-state index contributed by atoms with van der Waals surface area (Å²) in [4.78, 5) is 0. The molecule has 0 bridgehead atoms. The van der Waals surface area contributed by atoms with Gasteiger partial charge in [0.25, 0.3) is 0 Å². The molecule has 4 heteroatoms. The van der Waals surface area contributed by atoms with Crippen LogP contribution in [-0.4, -0.2) is 22.9 Å². The first kappa shape index (κ1) is 31.7. The van der Waals surface area contributed by atoms with Crippen LogP contribution in [0, 0.1) is 13.8 Å². The average Bonchev–Trinajstić information content (AvgIpc) is 2.42. The number of rotatable bonds is 4. The van der Waals surface area contributed by atoms with E-state index < -0.39 is 0 Å². The van der Waals surface area contributed by atoms with Crippen molar-refractivity contribution < 1.29 is 33.9 Å². The van der Waals surface area contributed by atoms with Crippen molar-refractivity contribution in [3.63, 3.8) is 0 Å². The van der Waals surface area contributed by atoms with Crippen LogP contribution >= 0.6 is 0 Å². The minimum atomic E-state index is -0.167. The van der Waals surface area contributed by atoms with Crippen molar-refractivity contribution >= 4 is 0 Å². The van der Waals surface area contributed by atoms with Crippen LogP contribution < -0.4 is 0 Å². The second-order valence-electron chi connectivity index (χ2n) is 3.88. The zero-order valence-electron chi connectivity index (χ0n) is 13.7. The Morgan fingerprint density at radius 2 is 1.16 bits per heavy atom. The van der Waals surface area contributed by atoms with Gasteiger partial charge in [-0.05, 0) is 20.3 Å². The molecule has 0 radical (unpaired) electrons. The van der Waals surface area contributed by atoms with Gasteiger partial charge < -0.3 is 24.1 Å². The van der Waals surface area contributed by atoms with Gasteiger partial charge in [-0.15, -0.1) is 0 Å². The molecule has 0 atom stereocenters. The summed E-state index contributed by atoms with van der Waals surface area (Å²) in [6.07, 6.45) is 6.43. The Morgan fingerprint density at radius 3 is 1.16 bits per heavy atom. The maximum absolute atomic E-state index is 8.25. The zero-order valence-corrected chi connectivity index (χ0v) is 15.3. The maximum atomic E-state index is 8.25. The number of hydrogen-bond donors (Lipinski definition) is 2. The van der Waals surface area contributed by atoms with E-state index in [1.807, 2.05) is 0 Å². The van der Waals surface area contributed by atoms with Gasteiger partial charge in [0.2, 0.25) is 0 Å². The molecule has 0 aromatic rings. The summed E-state index contributed by atoms with van der Waals surface area (Å²) >= 11 is 0.750. The Bertz CT molecular complexity index is 78.7. The predicted molar refractivity (Wildman–Crippen MR) is 80.6 cm³/mol. The van der Waals surface area contributed by atoms with Crippen molar-refractivity contribution in [1.82, 2.24) is 0 Å². The third kappa shape index (κ3) is 253. The predicted octanol–water partition coefficient (Wildman–Crippen LogP) is 4.29. The molecular formula is C15H36O3Ti. The molecular weight excluding hydrogens is 276 g/mol. The van der Waals surface area contributed by atoms with Gasteiger partial charge in [-0.1, -0.05) is 40.0 Å². The second kappa shape index (κ2) is 51.5. The van der Waals surface area contributed by atoms with Gasteiger partial charge in [0.05, 0.1) is 0 Å². The van der Waals surface area contributed by atoms with Crippen molar-refractivity contribution in [2.24, 2.45) is 0 Å². The van der Waals surface area contributed by atoms with Crippen LogP contribution in [0.15, 0.2) is 0 Å². The summed E-state index contributed by atoms with van der Waals surface area (Å²) in [5.41, 5.74) is 0. The van der Waals surface area contributed by atoms with Gasteiger partial charge in [-0.25, -0.2) is 0 Å². The third-order valence-electron chi connectivity index (χ3n) is 1.22. The van der Waals surface area contributed by atoms with Crippen molar-refractivity contribution in [2.45, 2.75) is 79.2 Å². The topological polar surface area (TPSA) is 57.5 Å². The molecule has 3 nitrogen and oxygen atoms in total. The molecule has 0 heterocycles. The van der Waals surface area contributed by atoms with E-state index in [-0.39, 0.29) is 6.10 Å². The van der Waals surface area contributed by atoms with E-state index in [1.54, 1.807) is 13.8 Å². The van der Waals surface area contributed by atoms with E-state index in [1.165, 1.54) is 12.8 Å². The van der Waals surface area contributed by atoms with Crippen LogP contribution in [0.3, 0.4) is 0 Å². The monoisotopic (exact) mass is 312 g/mol. The molecule has 0 aromatic heterocycles. The van der Waals surface area contributed by atoms with Gasteiger partial charge in [-0.3, -0.25) is 0 Å². The second-order valence-corrected chi connectivity index (χ2v) is 3.88. The molecule has 0 aromatic carbocycles. The fourth-order valence-corrected chi connectivity index (χ4v) is 0.158. The van der Waals surface area contributed by atoms with Crippen LogP contribution in [0.25, 0.3) is 0 Å².